The van der Waals surface area contributed by atoms with E-state index in [0.717, 1.165) is 47.5 Å². The van der Waals surface area contributed by atoms with Gasteiger partial charge in [0, 0.05) is 54.4 Å². The van der Waals surface area contributed by atoms with Crippen LogP contribution in [-0.2, 0) is 4.79 Å². The van der Waals surface area contributed by atoms with E-state index < -0.39 is 4.92 Å². The molecule has 2 N–H and O–H groups in total. The van der Waals surface area contributed by atoms with Crippen molar-refractivity contribution >= 4 is 40.2 Å². The number of benzene rings is 1. The summed E-state index contributed by atoms with van der Waals surface area (Å²) in [5, 5.41) is 15.3. The van der Waals surface area contributed by atoms with Crippen molar-refractivity contribution in [3.63, 3.8) is 0 Å². The highest BCUT2D eigenvalue weighted by atomic mass is 16.6. The summed E-state index contributed by atoms with van der Waals surface area (Å²) in [7, 11) is 0. The molecule has 0 spiro atoms. The highest BCUT2D eigenvalue weighted by Crippen LogP contribution is 2.33. The molecule has 3 heterocycles. The topological polar surface area (TPSA) is 107 Å². The number of fused-ring (bicyclic) bond motifs is 1. The summed E-state index contributed by atoms with van der Waals surface area (Å²) >= 11 is 0. The van der Waals surface area contributed by atoms with Crippen molar-refractivity contribution in [1.82, 2.24) is 9.97 Å². The fourth-order valence-electron chi connectivity index (χ4n) is 4.69. The molecule has 0 saturated carbocycles. The first kappa shape index (κ1) is 22.6. The molecule has 0 amide bonds. The van der Waals surface area contributed by atoms with Crippen LogP contribution < -0.4 is 15.1 Å². The normalized spacial score (nSPS) is 18.5. The molecule has 3 aromatic rings. The first-order valence-electron chi connectivity index (χ1n) is 11.4. The minimum Gasteiger partial charge on any atom is -0.380 e. The zero-order valence-electron chi connectivity index (χ0n) is 19.2. The molecule has 2 unspecified atom stereocenters. The van der Waals surface area contributed by atoms with Crippen LogP contribution in [0.3, 0.4) is 0 Å². The summed E-state index contributed by atoms with van der Waals surface area (Å²) < 4.78 is 0. The lowest BCUT2D eigenvalue weighted by atomic mass is 9.96. The van der Waals surface area contributed by atoms with Gasteiger partial charge in [-0.05, 0) is 57.9 Å². The van der Waals surface area contributed by atoms with Gasteiger partial charge in [0.2, 0.25) is 0 Å². The van der Waals surface area contributed by atoms with Gasteiger partial charge in [-0.25, -0.2) is 4.98 Å². The van der Waals surface area contributed by atoms with Crippen molar-refractivity contribution in [3.8, 4) is 0 Å². The second-order valence-electron chi connectivity index (χ2n) is 8.72. The third kappa shape index (κ3) is 4.62. The fourth-order valence-corrected chi connectivity index (χ4v) is 4.69. The maximum atomic E-state index is 12.1. The number of carbonyl (C=O) groups is 1. The van der Waals surface area contributed by atoms with Gasteiger partial charge in [-0.3, -0.25) is 10.1 Å². The van der Waals surface area contributed by atoms with E-state index in [4.69, 9.17) is 0 Å². The zero-order valence-corrected chi connectivity index (χ0v) is 19.2. The van der Waals surface area contributed by atoms with Crippen molar-refractivity contribution in [2.45, 2.75) is 51.7 Å². The van der Waals surface area contributed by atoms with E-state index >= 15 is 0 Å². The number of nitro groups is 1. The molecule has 4 rings (SSSR count). The lowest BCUT2D eigenvalue weighted by Crippen LogP contribution is -2.51. The maximum Gasteiger partial charge on any atom is 0.270 e. The molecule has 0 aliphatic carbocycles. The summed E-state index contributed by atoms with van der Waals surface area (Å²) in [5.74, 6) is 1.72. The molecule has 1 aliphatic heterocycles. The summed E-state index contributed by atoms with van der Waals surface area (Å²) in [6, 6.07) is 10.8. The van der Waals surface area contributed by atoms with Crippen LogP contribution >= 0.6 is 0 Å². The first-order chi connectivity index (χ1) is 15.9. The molecule has 174 valence electrons. The summed E-state index contributed by atoms with van der Waals surface area (Å²) in [4.78, 5) is 35.2. The Hall–Kier alpha value is -3.62. The van der Waals surface area contributed by atoms with E-state index in [1.165, 1.54) is 6.07 Å². The molecule has 1 saturated heterocycles. The van der Waals surface area contributed by atoms with Crippen molar-refractivity contribution in [3.05, 3.63) is 52.7 Å². The Balaban J connectivity index is 1.57. The van der Waals surface area contributed by atoms with Crippen LogP contribution in [0.25, 0.3) is 10.9 Å². The second-order valence-corrected chi connectivity index (χ2v) is 8.72. The average Bonchev–Trinajstić information content (AvgIpc) is 3.23. The first-order valence-corrected chi connectivity index (χ1v) is 11.4. The molecular formula is C24H30N6O3. The number of nitro benzene ring substituents is 1. The van der Waals surface area contributed by atoms with Crippen molar-refractivity contribution in [2.75, 3.05) is 28.2 Å². The van der Waals surface area contributed by atoms with Crippen LogP contribution in [0, 0.1) is 10.1 Å². The number of pyridine rings is 1. The van der Waals surface area contributed by atoms with Gasteiger partial charge in [0.1, 0.15) is 12.1 Å². The number of H-pyrrole nitrogens is 1. The van der Waals surface area contributed by atoms with Gasteiger partial charge in [-0.2, -0.15) is 0 Å². The van der Waals surface area contributed by atoms with Crippen molar-refractivity contribution in [2.24, 2.45) is 0 Å². The number of aromatic nitrogens is 2. The van der Waals surface area contributed by atoms with E-state index in [9.17, 15) is 14.9 Å². The number of carbonyl (C=O) groups excluding carboxylic acids is 1. The minimum atomic E-state index is -0.398. The van der Waals surface area contributed by atoms with Gasteiger partial charge >= 0.3 is 0 Å². The largest absolute Gasteiger partial charge is 0.380 e. The third-order valence-electron chi connectivity index (χ3n) is 6.17. The van der Waals surface area contributed by atoms with Gasteiger partial charge in [-0.15, -0.1) is 0 Å². The highest BCUT2D eigenvalue weighted by molar-refractivity contribution is 5.86. The molecule has 33 heavy (non-hydrogen) atoms. The number of rotatable bonds is 8. The number of nitrogens with zero attached hydrogens (tertiary/aromatic N) is 4. The Morgan fingerprint density at radius 2 is 2.18 bits per heavy atom. The number of nitrogens with one attached hydrogen (secondary N) is 2. The number of hydrogen-bond acceptors (Lipinski definition) is 7. The van der Waals surface area contributed by atoms with E-state index in [0.29, 0.717) is 13.0 Å². The van der Waals surface area contributed by atoms with Crippen LogP contribution in [0.5, 0.6) is 0 Å². The second kappa shape index (κ2) is 9.48. The molecule has 2 atom stereocenters. The SMILES string of the molecule is CCN(c1ncccc1NC(C)C)C1CCN(c2cc3cc([N+](=O)[O-])ccc3[nH]2)C(C=O)C1. The monoisotopic (exact) mass is 450 g/mol. The number of aldehydes is 1. The Morgan fingerprint density at radius 1 is 1.36 bits per heavy atom. The molecule has 9 nitrogen and oxygen atoms in total. The summed E-state index contributed by atoms with van der Waals surface area (Å²) in [6.07, 6.45) is 4.34. The number of piperidine rings is 1. The minimum absolute atomic E-state index is 0.0541. The molecule has 0 radical (unpaired) electrons. The third-order valence-corrected chi connectivity index (χ3v) is 6.17. The lowest BCUT2D eigenvalue weighted by Gasteiger charge is -2.42. The number of hydrogen-bond donors (Lipinski definition) is 2. The molecule has 1 aliphatic rings. The highest BCUT2D eigenvalue weighted by Gasteiger charge is 2.33. The molecular weight excluding hydrogens is 420 g/mol. The van der Waals surface area contributed by atoms with E-state index in [1.807, 2.05) is 18.2 Å². The predicted octanol–water partition coefficient (Wildman–Crippen LogP) is 4.35. The summed E-state index contributed by atoms with van der Waals surface area (Å²) in [5.41, 5.74) is 1.87. The van der Waals surface area contributed by atoms with Gasteiger partial charge in [0.05, 0.1) is 16.7 Å². The molecule has 0 bridgehead atoms. The van der Waals surface area contributed by atoms with Gasteiger partial charge in [0.15, 0.2) is 5.82 Å². The Labute approximate surface area is 192 Å². The van der Waals surface area contributed by atoms with Crippen LogP contribution in [0.4, 0.5) is 23.0 Å². The standard InChI is InChI=1S/C24H30N6O3/c1-4-28(24-22(26-16(2)3)6-5-10-25-24)18-9-11-29(20(14-18)15-31)23-13-17-12-19(30(32)33)7-8-21(17)27-23/h5-8,10,12-13,15-16,18,20,26-27H,4,9,11,14H2,1-3H3. The fraction of sp³-hybridized carbons (Fsp3) is 0.417. The van der Waals surface area contributed by atoms with E-state index in [2.05, 4.69) is 45.9 Å². The average molecular weight is 451 g/mol. The van der Waals surface area contributed by atoms with Crippen LogP contribution in [0.2, 0.25) is 0 Å². The quantitative estimate of drug-likeness (QED) is 0.298. The smallest absolute Gasteiger partial charge is 0.270 e. The molecule has 1 fully saturated rings. The van der Waals surface area contributed by atoms with Crippen LogP contribution in [-0.4, -0.2) is 52.4 Å². The predicted molar refractivity (Wildman–Crippen MR) is 131 cm³/mol. The number of non-ortho nitro benzene ring substituents is 1. The molecule has 2 aromatic heterocycles. The Bertz CT molecular complexity index is 1140. The van der Waals surface area contributed by atoms with Crippen molar-refractivity contribution < 1.29 is 9.72 Å². The summed E-state index contributed by atoms with van der Waals surface area (Å²) in [6.45, 7) is 7.79. The van der Waals surface area contributed by atoms with E-state index in [-0.39, 0.29) is 23.8 Å². The number of anilines is 3. The molecule has 1 aromatic carbocycles. The van der Waals surface area contributed by atoms with Gasteiger partial charge in [0.25, 0.3) is 5.69 Å². The van der Waals surface area contributed by atoms with Crippen LogP contribution in [0.15, 0.2) is 42.6 Å². The maximum absolute atomic E-state index is 12.1. The Morgan fingerprint density at radius 3 is 2.88 bits per heavy atom. The Kier molecular flexibility index (Phi) is 6.48. The van der Waals surface area contributed by atoms with E-state index in [1.54, 1.807) is 18.3 Å². The van der Waals surface area contributed by atoms with Crippen molar-refractivity contribution in [1.29, 1.82) is 0 Å². The van der Waals surface area contributed by atoms with Gasteiger partial charge < -0.3 is 24.9 Å². The zero-order chi connectivity index (χ0) is 23.5. The lowest BCUT2D eigenvalue weighted by molar-refractivity contribution is -0.384. The van der Waals surface area contributed by atoms with Gasteiger partial charge in [-0.1, -0.05) is 0 Å². The molecule has 9 heteroatoms. The number of aromatic amines is 1. The van der Waals surface area contributed by atoms with Crippen LogP contribution in [0.1, 0.15) is 33.6 Å².